The lowest BCUT2D eigenvalue weighted by molar-refractivity contribution is 0.252. The molecule has 68 valence electrons. The van der Waals surface area contributed by atoms with E-state index in [1.54, 1.807) is 0 Å². The number of alkyl halides is 2. The van der Waals surface area contributed by atoms with Crippen molar-refractivity contribution in [2.24, 2.45) is 0 Å². The molecule has 1 aromatic heterocycles. The average Bonchev–Trinajstić information content (AvgIpc) is 2.44. The van der Waals surface area contributed by atoms with Crippen molar-refractivity contribution < 1.29 is 8.78 Å². The van der Waals surface area contributed by atoms with Gasteiger partial charge in [0.2, 0.25) is 0 Å². The summed E-state index contributed by atoms with van der Waals surface area (Å²) in [6.07, 6.45) is 0. The van der Waals surface area contributed by atoms with Crippen LogP contribution in [-0.2, 0) is 0 Å². The van der Waals surface area contributed by atoms with Crippen LogP contribution in [0.15, 0.2) is 28.6 Å². The second kappa shape index (κ2) is 3.59. The van der Waals surface area contributed by atoms with Crippen molar-refractivity contribution in [2.75, 3.05) is 0 Å². The summed E-state index contributed by atoms with van der Waals surface area (Å²) in [6.45, 7) is 0. The van der Waals surface area contributed by atoms with Crippen LogP contribution in [0.5, 0.6) is 0 Å². The third-order valence-corrected chi connectivity index (χ3v) is 3.30. The molecule has 1 nitrogen and oxygen atoms in total. The molecule has 0 aliphatic rings. The molecule has 0 saturated carbocycles. The highest BCUT2D eigenvalue weighted by molar-refractivity contribution is 8.01. The molecule has 0 fully saturated rings. The van der Waals surface area contributed by atoms with Crippen LogP contribution in [0, 0.1) is 0 Å². The number of halogens is 2. The summed E-state index contributed by atoms with van der Waals surface area (Å²) in [4.78, 5) is 4.05. The van der Waals surface area contributed by atoms with Crippen LogP contribution >= 0.6 is 23.1 Å². The van der Waals surface area contributed by atoms with Crippen molar-refractivity contribution >= 4 is 33.3 Å². The molecule has 0 saturated heterocycles. The first kappa shape index (κ1) is 8.90. The van der Waals surface area contributed by atoms with E-state index in [1.165, 1.54) is 11.3 Å². The van der Waals surface area contributed by atoms with E-state index in [1.807, 2.05) is 24.3 Å². The maximum Gasteiger partial charge on any atom is 0.291 e. The maximum atomic E-state index is 12.0. The molecular weight excluding hydrogens is 212 g/mol. The van der Waals surface area contributed by atoms with Crippen LogP contribution < -0.4 is 0 Å². The van der Waals surface area contributed by atoms with Crippen molar-refractivity contribution in [1.29, 1.82) is 0 Å². The predicted molar refractivity (Wildman–Crippen MR) is 51.5 cm³/mol. The highest BCUT2D eigenvalue weighted by Gasteiger charge is 2.09. The molecule has 0 amide bonds. The first-order chi connectivity index (χ1) is 6.25. The SMILES string of the molecule is FC(F)Sc1nc2ccccc2s1. The van der Waals surface area contributed by atoms with Crippen LogP contribution in [0.1, 0.15) is 0 Å². The second-order valence-electron chi connectivity index (χ2n) is 2.33. The normalized spacial score (nSPS) is 11.3. The minimum absolute atomic E-state index is 0.427. The van der Waals surface area contributed by atoms with E-state index in [9.17, 15) is 8.78 Å². The van der Waals surface area contributed by atoms with E-state index in [4.69, 9.17) is 0 Å². The highest BCUT2D eigenvalue weighted by atomic mass is 32.2. The molecule has 0 unspecified atom stereocenters. The van der Waals surface area contributed by atoms with Gasteiger partial charge in [0.05, 0.1) is 10.2 Å². The number of nitrogens with zero attached hydrogens (tertiary/aromatic N) is 1. The van der Waals surface area contributed by atoms with Crippen LogP contribution in [0.3, 0.4) is 0 Å². The molecular formula is C8H5F2NS2. The Morgan fingerprint density at radius 1 is 1.31 bits per heavy atom. The van der Waals surface area contributed by atoms with Crippen LogP contribution in [0.25, 0.3) is 10.2 Å². The molecule has 1 aromatic carbocycles. The molecule has 5 heteroatoms. The Balaban J connectivity index is 2.38. The first-order valence-corrected chi connectivity index (χ1v) is 5.26. The number of aromatic nitrogens is 1. The van der Waals surface area contributed by atoms with E-state index < -0.39 is 5.76 Å². The van der Waals surface area contributed by atoms with E-state index in [0.29, 0.717) is 16.1 Å². The van der Waals surface area contributed by atoms with E-state index in [-0.39, 0.29) is 0 Å². The third kappa shape index (κ3) is 1.97. The molecule has 0 N–H and O–H groups in total. The van der Waals surface area contributed by atoms with Gasteiger partial charge < -0.3 is 0 Å². The van der Waals surface area contributed by atoms with Crippen molar-refractivity contribution in [3.8, 4) is 0 Å². The summed E-state index contributed by atoms with van der Waals surface area (Å²) in [5.74, 6) is -2.39. The van der Waals surface area contributed by atoms with Crippen LogP contribution in [0.4, 0.5) is 8.78 Å². The Morgan fingerprint density at radius 3 is 2.77 bits per heavy atom. The zero-order valence-corrected chi connectivity index (χ0v) is 8.04. The number of hydrogen-bond acceptors (Lipinski definition) is 3. The lowest BCUT2D eigenvalue weighted by Gasteiger charge is -1.90. The number of hydrogen-bond donors (Lipinski definition) is 0. The lowest BCUT2D eigenvalue weighted by atomic mass is 10.3. The largest absolute Gasteiger partial charge is 0.291 e. The molecule has 0 spiro atoms. The van der Waals surface area contributed by atoms with Crippen molar-refractivity contribution in [1.82, 2.24) is 4.98 Å². The van der Waals surface area contributed by atoms with Gasteiger partial charge in [-0.15, -0.1) is 11.3 Å². The molecule has 2 rings (SSSR count). The fourth-order valence-corrected chi connectivity index (χ4v) is 2.66. The van der Waals surface area contributed by atoms with Gasteiger partial charge in [0.25, 0.3) is 5.76 Å². The van der Waals surface area contributed by atoms with Gasteiger partial charge in [-0.3, -0.25) is 0 Å². The quantitative estimate of drug-likeness (QED) is 0.713. The van der Waals surface area contributed by atoms with Gasteiger partial charge in [0.1, 0.15) is 0 Å². The molecule has 0 bridgehead atoms. The zero-order chi connectivity index (χ0) is 9.26. The summed E-state index contributed by atoms with van der Waals surface area (Å²) in [7, 11) is 0. The van der Waals surface area contributed by atoms with Crippen LogP contribution in [0.2, 0.25) is 0 Å². The van der Waals surface area contributed by atoms with E-state index in [2.05, 4.69) is 4.98 Å². The summed E-state index contributed by atoms with van der Waals surface area (Å²) >= 11 is 1.80. The summed E-state index contributed by atoms with van der Waals surface area (Å²) in [5, 5.41) is 0. The average molecular weight is 217 g/mol. The molecule has 0 aliphatic carbocycles. The lowest BCUT2D eigenvalue weighted by Crippen LogP contribution is -1.78. The highest BCUT2D eigenvalue weighted by Crippen LogP contribution is 2.32. The molecule has 1 heterocycles. The fourth-order valence-electron chi connectivity index (χ4n) is 0.978. The second-order valence-corrected chi connectivity index (χ2v) is 4.59. The summed E-state index contributed by atoms with van der Waals surface area (Å²) in [5.41, 5.74) is 0.788. The number of rotatable bonds is 2. The summed E-state index contributed by atoms with van der Waals surface area (Å²) < 4.78 is 25.3. The van der Waals surface area contributed by atoms with Gasteiger partial charge >= 0.3 is 0 Å². The standard InChI is InChI=1S/C8H5F2NS2/c9-7(10)13-8-11-5-3-1-2-4-6(5)12-8/h1-4,7H. The molecule has 2 aromatic rings. The smallest absolute Gasteiger partial charge is 0.229 e. The number of benzene rings is 1. The molecule has 0 atom stereocenters. The Labute approximate surface area is 81.8 Å². The van der Waals surface area contributed by atoms with Crippen molar-refractivity contribution in [2.45, 2.75) is 10.1 Å². The molecule has 13 heavy (non-hydrogen) atoms. The Morgan fingerprint density at radius 2 is 2.08 bits per heavy atom. The van der Waals surface area contributed by atoms with Crippen molar-refractivity contribution in [3.63, 3.8) is 0 Å². The summed E-state index contributed by atoms with van der Waals surface area (Å²) in [6, 6.07) is 7.42. The number of para-hydroxylation sites is 1. The van der Waals surface area contributed by atoms with E-state index in [0.717, 1.165) is 10.2 Å². The number of thioether (sulfide) groups is 1. The molecule has 0 radical (unpaired) electrons. The maximum absolute atomic E-state index is 12.0. The monoisotopic (exact) mass is 217 g/mol. The topological polar surface area (TPSA) is 12.9 Å². The molecule has 0 aliphatic heterocycles. The van der Waals surface area contributed by atoms with Crippen molar-refractivity contribution in [3.05, 3.63) is 24.3 Å². The zero-order valence-electron chi connectivity index (χ0n) is 6.41. The van der Waals surface area contributed by atoms with Gasteiger partial charge in [-0.25, -0.2) is 4.98 Å². The van der Waals surface area contributed by atoms with E-state index >= 15 is 0 Å². The Kier molecular flexibility index (Phi) is 2.46. The number of fused-ring (bicyclic) bond motifs is 1. The fraction of sp³-hybridized carbons (Fsp3) is 0.125. The van der Waals surface area contributed by atoms with Gasteiger partial charge in [0, 0.05) is 0 Å². The van der Waals surface area contributed by atoms with Gasteiger partial charge in [-0.1, -0.05) is 12.1 Å². The minimum atomic E-state index is -2.39. The van der Waals surface area contributed by atoms with Gasteiger partial charge in [-0.2, -0.15) is 8.78 Å². The first-order valence-electron chi connectivity index (χ1n) is 3.56. The predicted octanol–water partition coefficient (Wildman–Crippen LogP) is 3.61. The van der Waals surface area contributed by atoms with Gasteiger partial charge in [0.15, 0.2) is 4.34 Å². The third-order valence-electron chi connectivity index (χ3n) is 1.46. The Bertz CT molecular complexity index is 380. The minimum Gasteiger partial charge on any atom is -0.229 e. The number of thiazole rings is 1. The van der Waals surface area contributed by atoms with Gasteiger partial charge in [-0.05, 0) is 23.9 Å². The van der Waals surface area contributed by atoms with Crippen LogP contribution in [-0.4, -0.2) is 10.7 Å². The Hall–Kier alpha value is -0.680.